The van der Waals surface area contributed by atoms with Gasteiger partial charge in [-0.15, -0.1) is 0 Å². The molecule has 0 aliphatic heterocycles. The quantitative estimate of drug-likeness (QED) is 0.720. The highest BCUT2D eigenvalue weighted by atomic mass is 16.5. The van der Waals surface area contributed by atoms with E-state index in [1.807, 2.05) is 0 Å². The standard InChI is InChI=1S/C19H19NO5/c1-25-15-9-7-13(8-10-15)16(21)11-12-17(22)20-18(19(23)24)14-5-3-2-4-6-14/h2-10,18H,11-12H2,1H3,(H,20,22)(H,23,24)/t18-/m0/s1. The van der Waals surface area contributed by atoms with Crippen molar-refractivity contribution in [3.8, 4) is 5.75 Å². The molecule has 0 fully saturated rings. The Morgan fingerprint density at radius 2 is 1.64 bits per heavy atom. The number of hydrogen-bond donors (Lipinski definition) is 2. The van der Waals surface area contributed by atoms with Gasteiger partial charge in [0, 0.05) is 18.4 Å². The van der Waals surface area contributed by atoms with Crippen molar-refractivity contribution >= 4 is 17.7 Å². The summed E-state index contributed by atoms with van der Waals surface area (Å²) in [6.07, 6.45) is -0.0826. The molecule has 0 aliphatic rings. The highest BCUT2D eigenvalue weighted by molar-refractivity contribution is 5.98. The Bertz CT molecular complexity index is 740. The molecule has 6 heteroatoms. The Morgan fingerprint density at radius 1 is 1.00 bits per heavy atom. The summed E-state index contributed by atoms with van der Waals surface area (Å²) in [6, 6.07) is 13.9. The van der Waals surface area contributed by atoms with E-state index in [4.69, 9.17) is 4.74 Å². The van der Waals surface area contributed by atoms with Gasteiger partial charge in [0.25, 0.3) is 0 Å². The van der Waals surface area contributed by atoms with Crippen molar-refractivity contribution in [2.24, 2.45) is 0 Å². The van der Waals surface area contributed by atoms with Gasteiger partial charge in [0.2, 0.25) is 5.91 Å². The Hall–Kier alpha value is -3.15. The maximum Gasteiger partial charge on any atom is 0.330 e. The van der Waals surface area contributed by atoms with Gasteiger partial charge in [-0.3, -0.25) is 9.59 Å². The average Bonchev–Trinajstić information content (AvgIpc) is 2.64. The monoisotopic (exact) mass is 341 g/mol. The number of Topliss-reactive ketones (excluding diaryl/α,β-unsaturated/α-hetero) is 1. The van der Waals surface area contributed by atoms with E-state index in [0.29, 0.717) is 16.9 Å². The molecule has 0 bridgehead atoms. The molecule has 2 rings (SSSR count). The van der Waals surface area contributed by atoms with Gasteiger partial charge in [-0.25, -0.2) is 4.79 Å². The first-order valence-electron chi connectivity index (χ1n) is 7.75. The number of ketones is 1. The Kier molecular flexibility index (Phi) is 6.28. The number of aliphatic carboxylic acids is 1. The van der Waals surface area contributed by atoms with Crippen LogP contribution in [0.1, 0.15) is 34.8 Å². The zero-order chi connectivity index (χ0) is 18.2. The lowest BCUT2D eigenvalue weighted by Gasteiger charge is -2.14. The molecular weight excluding hydrogens is 322 g/mol. The van der Waals surface area contributed by atoms with E-state index in [1.165, 1.54) is 7.11 Å². The SMILES string of the molecule is COc1ccc(C(=O)CCC(=O)N[C@H](C(=O)O)c2ccccc2)cc1. The number of carboxylic acids is 1. The van der Waals surface area contributed by atoms with E-state index in [9.17, 15) is 19.5 Å². The predicted octanol–water partition coefficient (Wildman–Crippen LogP) is 2.60. The Balaban J connectivity index is 1.92. The van der Waals surface area contributed by atoms with Crippen LogP contribution in [0.3, 0.4) is 0 Å². The van der Waals surface area contributed by atoms with E-state index in [2.05, 4.69) is 5.32 Å². The highest BCUT2D eigenvalue weighted by Gasteiger charge is 2.22. The maximum absolute atomic E-state index is 12.1. The first kappa shape index (κ1) is 18.2. The van der Waals surface area contributed by atoms with Crippen LogP contribution in [0.15, 0.2) is 54.6 Å². The predicted molar refractivity (Wildman–Crippen MR) is 91.5 cm³/mol. The fourth-order valence-electron chi connectivity index (χ4n) is 2.31. The van der Waals surface area contributed by atoms with Gasteiger partial charge in [-0.1, -0.05) is 30.3 Å². The number of carbonyl (C=O) groups is 3. The van der Waals surface area contributed by atoms with Crippen LogP contribution in [-0.4, -0.2) is 29.9 Å². The average molecular weight is 341 g/mol. The van der Waals surface area contributed by atoms with Crippen molar-refractivity contribution in [2.45, 2.75) is 18.9 Å². The smallest absolute Gasteiger partial charge is 0.330 e. The largest absolute Gasteiger partial charge is 0.497 e. The first-order valence-corrected chi connectivity index (χ1v) is 7.75. The van der Waals surface area contributed by atoms with Gasteiger partial charge >= 0.3 is 5.97 Å². The minimum Gasteiger partial charge on any atom is -0.497 e. The lowest BCUT2D eigenvalue weighted by atomic mass is 10.0. The zero-order valence-corrected chi connectivity index (χ0v) is 13.8. The fraction of sp³-hybridized carbons (Fsp3) is 0.211. The summed E-state index contributed by atoms with van der Waals surface area (Å²) in [5.74, 6) is -1.19. The minimum atomic E-state index is -1.15. The molecule has 2 aromatic rings. The third-order valence-corrected chi connectivity index (χ3v) is 3.68. The zero-order valence-electron chi connectivity index (χ0n) is 13.8. The van der Waals surface area contributed by atoms with E-state index in [-0.39, 0.29) is 18.6 Å². The summed E-state index contributed by atoms with van der Waals surface area (Å²) in [5.41, 5.74) is 0.955. The lowest BCUT2D eigenvalue weighted by molar-refractivity contribution is -0.142. The molecule has 0 unspecified atom stereocenters. The number of ether oxygens (including phenoxy) is 1. The van der Waals surface area contributed by atoms with Crippen molar-refractivity contribution < 1.29 is 24.2 Å². The molecule has 1 atom stereocenters. The number of hydrogen-bond acceptors (Lipinski definition) is 4. The van der Waals surface area contributed by atoms with Crippen molar-refractivity contribution in [3.05, 3.63) is 65.7 Å². The van der Waals surface area contributed by atoms with E-state index in [0.717, 1.165) is 0 Å². The molecule has 0 spiro atoms. The van der Waals surface area contributed by atoms with Crippen molar-refractivity contribution in [1.29, 1.82) is 0 Å². The third kappa shape index (κ3) is 5.17. The summed E-state index contributed by atoms with van der Waals surface area (Å²) >= 11 is 0. The van der Waals surface area contributed by atoms with E-state index < -0.39 is 17.9 Å². The summed E-state index contributed by atoms with van der Waals surface area (Å²) in [4.78, 5) is 35.5. The molecule has 2 N–H and O–H groups in total. The summed E-state index contributed by atoms with van der Waals surface area (Å²) < 4.78 is 5.02. The van der Waals surface area contributed by atoms with Crippen molar-refractivity contribution in [3.63, 3.8) is 0 Å². The molecule has 0 radical (unpaired) electrons. The van der Waals surface area contributed by atoms with Crippen LogP contribution in [0.5, 0.6) is 5.75 Å². The van der Waals surface area contributed by atoms with Crippen LogP contribution < -0.4 is 10.1 Å². The van der Waals surface area contributed by atoms with Gasteiger partial charge in [0.15, 0.2) is 11.8 Å². The second-order valence-corrected chi connectivity index (χ2v) is 5.40. The maximum atomic E-state index is 12.1. The first-order chi connectivity index (χ1) is 12.0. The third-order valence-electron chi connectivity index (χ3n) is 3.68. The molecule has 0 saturated carbocycles. The molecule has 6 nitrogen and oxygen atoms in total. The van der Waals surface area contributed by atoms with Crippen LogP contribution >= 0.6 is 0 Å². The van der Waals surface area contributed by atoms with Gasteiger partial charge in [0.05, 0.1) is 7.11 Å². The second-order valence-electron chi connectivity index (χ2n) is 5.40. The molecule has 2 aromatic carbocycles. The molecule has 25 heavy (non-hydrogen) atoms. The molecule has 0 heterocycles. The van der Waals surface area contributed by atoms with Crippen LogP contribution in [-0.2, 0) is 9.59 Å². The van der Waals surface area contributed by atoms with Crippen LogP contribution in [0.2, 0.25) is 0 Å². The van der Waals surface area contributed by atoms with Gasteiger partial charge < -0.3 is 15.2 Å². The summed E-state index contributed by atoms with van der Waals surface area (Å²) in [6.45, 7) is 0. The van der Waals surface area contributed by atoms with Crippen LogP contribution in [0.25, 0.3) is 0 Å². The Labute approximate surface area is 145 Å². The fourth-order valence-corrected chi connectivity index (χ4v) is 2.31. The number of amides is 1. The lowest BCUT2D eigenvalue weighted by Crippen LogP contribution is -2.33. The van der Waals surface area contributed by atoms with Crippen molar-refractivity contribution in [1.82, 2.24) is 5.32 Å². The normalized spacial score (nSPS) is 11.4. The summed E-state index contributed by atoms with van der Waals surface area (Å²) in [5, 5.41) is 11.7. The van der Waals surface area contributed by atoms with E-state index >= 15 is 0 Å². The second kappa shape index (κ2) is 8.63. The number of rotatable bonds is 8. The molecule has 1 amide bonds. The van der Waals surface area contributed by atoms with Crippen molar-refractivity contribution in [2.75, 3.05) is 7.11 Å². The molecule has 130 valence electrons. The number of methoxy groups -OCH3 is 1. The van der Waals surface area contributed by atoms with Crippen LogP contribution in [0, 0.1) is 0 Å². The Morgan fingerprint density at radius 3 is 2.20 bits per heavy atom. The van der Waals surface area contributed by atoms with Gasteiger partial charge in [-0.05, 0) is 29.8 Å². The molecule has 0 aromatic heterocycles. The summed E-state index contributed by atoms with van der Waals surface area (Å²) in [7, 11) is 1.53. The van der Waals surface area contributed by atoms with Crippen LogP contribution in [0.4, 0.5) is 0 Å². The van der Waals surface area contributed by atoms with Gasteiger partial charge in [0.1, 0.15) is 5.75 Å². The number of benzene rings is 2. The molecule has 0 saturated heterocycles. The molecule has 0 aliphatic carbocycles. The van der Waals surface area contributed by atoms with Gasteiger partial charge in [-0.2, -0.15) is 0 Å². The topological polar surface area (TPSA) is 92.7 Å². The van der Waals surface area contributed by atoms with E-state index in [1.54, 1.807) is 54.6 Å². The number of carbonyl (C=O) groups excluding carboxylic acids is 2. The number of nitrogens with one attached hydrogen (secondary N) is 1. The molecular formula is C19H19NO5. The minimum absolute atomic E-state index is 0.000703. The highest BCUT2D eigenvalue weighted by Crippen LogP contribution is 2.15. The number of carboxylic acid groups (broad SMARTS) is 1.